The van der Waals surface area contributed by atoms with Crippen LogP contribution in [-0.2, 0) is 4.79 Å². The first kappa shape index (κ1) is 19.8. The van der Waals surface area contributed by atoms with Crippen molar-refractivity contribution in [1.82, 2.24) is 4.90 Å². The van der Waals surface area contributed by atoms with Crippen molar-refractivity contribution in [3.8, 4) is 23.6 Å². The van der Waals surface area contributed by atoms with E-state index < -0.39 is 30.6 Å². The molecule has 0 unspecified atom stereocenters. The lowest BCUT2D eigenvalue weighted by molar-refractivity contribution is -0.124. The van der Waals surface area contributed by atoms with Crippen LogP contribution in [0.5, 0.6) is 11.5 Å². The summed E-state index contributed by atoms with van der Waals surface area (Å²) < 4.78 is 57.5. The van der Waals surface area contributed by atoms with Gasteiger partial charge in [-0.25, -0.2) is 0 Å². The molecule has 0 bridgehead atoms. The third kappa shape index (κ3) is 6.79. The van der Waals surface area contributed by atoms with Crippen molar-refractivity contribution >= 4 is 12.0 Å². The Morgan fingerprint density at radius 2 is 1.72 bits per heavy atom. The van der Waals surface area contributed by atoms with Gasteiger partial charge in [-0.2, -0.15) is 28.1 Å². The molecular weight excluding hydrogens is 346 g/mol. The molecule has 132 valence electrons. The summed E-state index contributed by atoms with van der Waals surface area (Å²) in [4.78, 5) is 12.8. The Bertz CT molecular complexity index is 695. The predicted molar refractivity (Wildman–Crippen MR) is 76.5 cm³/mol. The fraction of sp³-hybridized carbons (Fsp3) is 0.267. The van der Waals surface area contributed by atoms with Crippen molar-refractivity contribution in [3.63, 3.8) is 0 Å². The molecular formula is C15H11F4N3O3. The molecule has 0 heterocycles. The summed E-state index contributed by atoms with van der Waals surface area (Å²) in [6.07, 6.45) is 2.03. The number of rotatable bonds is 8. The maximum Gasteiger partial charge on any atom is 0.387 e. The maximum atomic E-state index is 12.4. The molecule has 1 aromatic rings. The minimum absolute atomic E-state index is 0.0101. The fourth-order valence-corrected chi connectivity index (χ4v) is 1.68. The zero-order valence-electron chi connectivity index (χ0n) is 12.5. The lowest BCUT2D eigenvalue weighted by atomic mass is 10.1. The van der Waals surface area contributed by atoms with Gasteiger partial charge in [0, 0.05) is 17.7 Å². The molecule has 0 aliphatic heterocycles. The highest BCUT2D eigenvalue weighted by molar-refractivity contribution is 5.92. The number of alkyl halides is 4. The van der Waals surface area contributed by atoms with Crippen molar-refractivity contribution in [2.24, 2.45) is 0 Å². The summed E-state index contributed by atoms with van der Waals surface area (Å²) in [6, 6.07) is 6.45. The molecule has 0 radical (unpaired) electrons. The lowest BCUT2D eigenvalue weighted by Crippen LogP contribution is -2.30. The molecule has 25 heavy (non-hydrogen) atoms. The largest absolute Gasteiger partial charge is 0.435 e. The van der Waals surface area contributed by atoms with E-state index in [1.165, 1.54) is 0 Å². The normalized spacial score (nSPS) is 10.6. The van der Waals surface area contributed by atoms with Crippen molar-refractivity contribution < 1.29 is 31.8 Å². The number of amides is 1. The third-order valence-corrected chi connectivity index (χ3v) is 2.67. The zero-order chi connectivity index (χ0) is 18.8. The van der Waals surface area contributed by atoms with Crippen molar-refractivity contribution in [3.05, 3.63) is 29.8 Å². The Hall–Kier alpha value is -3.27. The van der Waals surface area contributed by atoms with Gasteiger partial charge in [-0.15, -0.1) is 0 Å². The summed E-state index contributed by atoms with van der Waals surface area (Å²) in [5.41, 5.74) is -0.0101. The van der Waals surface area contributed by atoms with Crippen molar-refractivity contribution in [1.29, 1.82) is 10.5 Å². The van der Waals surface area contributed by atoms with Crippen LogP contribution in [0.2, 0.25) is 0 Å². The van der Waals surface area contributed by atoms with Gasteiger partial charge in [0.05, 0.1) is 12.1 Å². The second kappa shape index (κ2) is 9.78. The number of ether oxygens (including phenoxy) is 2. The van der Waals surface area contributed by atoms with E-state index in [-0.39, 0.29) is 18.7 Å². The second-order valence-electron chi connectivity index (χ2n) is 4.30. The summed E-state index contributed by atoms with van der Waals surface area (Å²) in [7, 11) is 0. The fourth-order valence-electron chi connectivity index (χ4n) is 1.68. The Morgan fingerprint density at radius 1 is 1.12 bits per heavy atom. The van der Waals surface area contributed by atoms with Crippen LogP contribution in [0.4, 0.5) is 17.6 Å². The van der Waals surface area contributed by atoms with Gasteiger partial charge in [0.1, 0.15) is 24.6 Å². The zero-order valence-corrected chi connectivity index (χ0v) is 12.5. The molecule has 0 atom stereocenters. The van der Waals surface area contributed by atoms with Gasteiger partial charge in [-0.3, -0.25) is 4.79 Å². The molecule has 1 rings (SSSR count). The van der Waals surface area contributed by atoms with Gasteiger partial charge in [0.25, 0.3) is 0 Å². The smallest absolute Gasteiger partial charge is 0.387 e. The van der Waals surface area contributed by atoms with E-state index in [1.807, 2.05) is 0 Å². The molecule has 10 heteroatoms. The average Bonchev–Trinajstić information content (AvgIpc) is 2.52. The molecule has 0 aliphatic carbocycles. The molecule has 0 N–H and O–H groups in total. The van der Waals surface area contributed by atoms with Crippen LogP contribution in [0.25, 0.3) is 6.08 Å². The average molecular weight is 357 g/mol. The van der Waals surface area contributed by atoms with Gasteiger partial charge < -0.3 is 14.4 Å². The Morgan fingerprint density at radius 3 is 2.24 bits per heavy atom. The number of carbonyl (C=O) groups is 1. The molecule has 6 nitrogen and oxygen atoms in total. The SMILES string of the molecule is N#CCN(CC#N)C(=O)C=Cc1ccc(OC(F)F)cc1OC(F)F. The van der Waals surface area contributed by atoms with Crippen LogP contribution in [0.3, 0.4) is 0 Å². The summed E-state index contributed by atoms with van der Waals surface area (Å²) in [5, 5.41) is 17.2. The third-order valence-electron chi connectivity index (χ3n) is 2.67. The number of nitrogens with zero attached hydrogens (tertiary/aromatic N) is 3. The van der Waals surface area contributed by atoms with Gasteiger partial charge in [-0.1, -0.05) is 0 Å². The van der Waals surface area contributed by atoms with E-state index in [1.54, 1.807) is 12.1 Å². The number of hydrogen-bond acceptors (Lipinski definition) is 5. The Labute approximate surface area is 140 Å². The number of nitriles is 2. The highest BCUT2D eigenvalue weighted by Gasteiger charge is 2.13. The van der Waals surface area contributed by atoms with Crippen molar-refractivity contribution in [2.45, 2.75) is 13.2 Å². The molecule has 1 amide bonds. The molecule has 0 fully saturated rings. The van der Waals surface area contributed by atoms with Crippen LogP contribution in [0, 0.1) is 22.7 Å². The minimum Gasteiger partial charge on any atom is -0.435 e. The van der Waals surface area contributed by atoms with Gasteiger partial charge >= 0.3 is 13.2 Å². The predicted octanol–water partition coefficient (Wildman–Crippen LogP) is 2.78. The topological polar surface area (TPSA) is 86.4 Å². The number of hydrogen-bond donors (Lipinski definition) is 0. The van der Waals surface area contributed by atoms with Crippen LogP contribution >= 0.6 is 0 Å². The molecule has 0 aliphatic rings. The molecule has 0 saturated carbocycles. The first-order chi connectivity index (χ1) is 11.9. The second-order valence-corrected chi connectivity index (χ2v) is 4.30. The summed E-state index contributed by atoms with van der Waals surface area (Å²) in [5.74, 6) is -1.59. The number of halogens is 4. The lowest BCUT2D eigenvalue weighted by Gasteiger charge is -2.13. The van der Waals surface area contributed by atoms with Crippen LogP contribution < -0.4 is 9.47 Å². The standard InChI is InChI=1S/C15H11F4N3O3/c16-14(17)24-11-3-1-10(12(9-11)25-15(18)19)2-4-13(23)22(7-5-20)8-6-21/h1-4,9,14-15H,7-8H2. The molecule has 1 aromatic carbocycles. The first-order valence-corrected chi connectivity index (χ1v) is 6.62. The first-order valence-electron chi connectivity index (χ1n) is 6.62. The Kier molecular flexibility index (Phi) is 7.73. The van der Waals surface area contributed by atoms with Gasteiger partial charge in [-0.05, 0) is 18.2 Å². The van der Waals surface area contributed by atoms with E-state index in [2.05, 4.69) is 9.47 Å². The number of carbonyl (C=O) groups excluding carboxylic acids is 1. The van der Waals surface area contributed by atoms with Crippen molar-refractivity contribution in [2.75, 3.05) is 13.1 Å². The minimum atomic E-state index is -3.22. The molecule has 0 spiro atoms. The van der Waals surface area contributed by atoms with Crippen LogP contribution in [0.15, 0.2) is 24.3 Å². The Balaban J connectivity index is 3.04. The molecule has 0 aromatic heterocycles. The monoisotopic (exact) mass is 357 g/mol. The highest BCUT2D eigenvalue weighted by atomic mass is 19.3. The maximum absolute atomic E-state index is 12.4. The van der Waals surface area contributed by atoms with E-state index in [4.69, 9.17) is 10.5 Å². The van der Waals surface area contributed by atoms with Gasteiger partial charge in [0.15, 0.2) is 0 Å². The molecule has 0 saturated heterocycles. The number of benzene rings is 1. The van der Waals surface area contributed by atoms with Crippen LogP contribution in [0.1, 0.15) is 5.56 Å². The van der Waals surface area contributed by atoms with E-state index in [0.29, 0.717) is 0 Å². The van der Waals surface area contributed by atoms with Crippen LogP contribution in [-0.4, -0.2) is 37.1 Å². The van der Waals surface area contributed by atoms with E-state index in [0.717, 1.165) is 35.3 Å². The highest BCUT2D eigenvalue weighted by Crippen LogP contribution is 2.28. The van der Waals surface area contributed by atoms with E-state index >= 15 is 0 Å². The summed E-state index contributed by atoms with van der Waals surface area (Å²) >= 11 is 0. The summed E-state index contributed by atoms with van der Waals surface area (Å²) in [6.45, 7) is -7.04. The van der Waals surface area contributed by atoms with Gasteiger partial charge in [0.2, 0.25) is 5.91 Å². The quantitative estimate of drug-likeness (QED) is 0.406. The van der Waals surface area contributed by atoms with E-state index in [9.17, 15) is 22.4 Å².